The predicted octanol–water partition coefficient (Wildman–Crippen LogP) is 5.02. The van der Waals surface area contributed by atoms with Crippen molar-refractivity contribution in [3.05, 3.63) is 125 Å². The summed E-state index contributed by atoms with van der Waals surface area (Å²) in [7, 11) is -3.73. The molecule has 0 aliphatic carbocycles. The van der Waals surface area contributed by atoms with E-state index in [2.05, 4.69) is 0 Å². The van der Waals surface area contributed by atoms with Crippen LogP contribution in [0, 0.1) is 0 Å². The standard InChI is InChI=1S/C30H30ClNO5S/c31-25-8-4-7-24(18-25)30(35)20-32(19-23-5-2-1-3-6-23)26(21-33)17-22-9-13-28(14-10-22)38(36,37)29-15-11-27(34)12-16-29/h1-16,18,26,30,33-35H,17,19-21H2. The Labute approximate surface area is 228 Å². The Hall–Kier alpha value is -3.20. The Morgan fingerprint density at radius 2 is 1.42 bits per heavy atom. The van der Waals surface area contributed by atoms with Gasteiger partial charge in [-0.3, -0.25) is 4.90 Å². The van der Waals surface area contributed by atoms with E-state index in [4.69, 9.17) is 11.6 Å². The van der Waals surface area contributed by atoms with Gasteiger partial charge in [0.1, 0.15) is 5.75 Å². The second-order valence-corrected chi connectivity index (χ2v) is 11.6. The summed E-state index contributed by atoms with van der Waals surface area (Å²) in [5.74, 6) is -0.00474. The van der Waals surface area contributed by atoms with Crippen molar-refractivity contribution in [3.63, 3.8) is 0 Å². The van der Waals surface area contributed by atoms with Crippen LogP contribution in [0.3, 0.4) is 0 Å². The molecule has 0 fully saturated rings. The number of hydrogen-bond acceptors (Lipinski definition) is 6. The zero-order valence-corrected chi connectivity index (χ0v) is 22.3. The molecule has 0 aliphatic heterocycles. The molecule has 0 aromatic heterocycles. The van der Waals surface area contributed by atoms with Gasteiger partial charge in [0.15, 0.2) is 0 Å². The number of phenolic OH excluding ortho intramolecular Hbond substituents is 1. The molecule has 0 aliphatic rings. The van der Waals surface area contributed by atoms with Crippen LogP contribution in [0.5, 0.6) is 5.75 Å². The molecule has 2 atom stereocenters. The van der Waals surface area contributed by atoms with E-state index < -0.39 is 15.9 Å². The average molecular weight is 552 g/mol. The molecule has 0 spiro atoms. The summed E-state index contributed by atoms with van der Waals surface area (Å²) in [5.41, 5.74) is 2.58. The van der Waals surface area contributed by atoms with Gasteiger partial charge in [0, 0.05) is 24.2 Å². The van der Waals surface area contributed by atoms with Gasteiger partial charge in [0.25, 0.3) is 0 Å². The van der Waals surface area contributed by atoms with E-state index in [1.165, 1.54) is 24.3 Å². The molecule has 0 saturated carbocycles. The Morgan fingerprint density at radius 1 is 0.789 bits per heavy atom. The van der Waals surface area contributed by atoms with E-state index in [-0.39, 0.29) is 34.7 Å². The lowest BCUT2D eigenvalue weighted by Crippen LogP contribution is -2.41. The number of phenols is 1. The summed E-state index contributed by atoms with van der Waals surface area (Å²) in [6, 6.07) is 28.6. The molecule has 4 aromatic carbocycles. The maximum atomic E-state index is 13.0. The molecule has 2 unspecified atom stereocenters. The van der Waals surface area contributed by atoms with Crippen molar-refractivity contribution < 1.29 is 23.7 Å². The van der Waals surface area contributed by atoms with Gasteiger partial charge in [0.2, 0.25) is 9.84 Å². The third kappa shape index (κ3) is 7.01. The lowest BCUT2D eigenvalue weighted by molar-refractivity contribution is 0.0566. The molecular formula is C30H30ClNO5S. The van der Waals surface area contributed by atoms with Gasteiger partial charge in [0.05, 0.1) is 22.5 Å². The van der Waals surface area contributed by atoms with Crippen LogP contribution in [0.4, 0.5) is 0 Å². The predicted molar refractivity (Wildman–Crippen MR) is 148 cm³/mol. The van der Waals surface area contributed by atoms with Gasteiger partial charge in [-0.1, -0.05) is 66.2 Å². The molecule has 0 bridgehead atoms. The first-order chi connectivity index (χ1) is 18.3. The molecule has 38 heavy (non-hydrogen) atoms. The minimum Gasteiger partial charge on any atom is -0.508 e. The number of halogens is 1. The van der Waals surface area contributed by atoms with Crippen LogP contribution in [-0.2, 0) is 22.8 Å². The fourth-order valence-corrected chi connectivity index (χ4v) is 5.81. The average Bonchev–Trinajstić information content (AvgIpc) is 2.92. The molecule has 8 heteroatoms. The number of sulfone groups is 1. The van der Waals surface area contributed by atoms with E-state index in [1.54, 1.807) is 42.5 Å². The first-order valence-electron chi connectivity index (χ1n) is 12.2. The van der Waals surface area contributed by atoms with Crippen LogP contribution in [-0.4, -0.2) is 47.8 Å². The highest BCUT2D eigenvalue weighted by atomic mass is 35.5. The van der Waals surface area contributed by atoms with E-state index in [0.717, 1.165) is 11.1 Å². The van der Waals surface area contributed by atoms with Crippen molar-refractivity contribution in [1.82, 2.24) is 4.90 Å². The van der Waals surface area contributed by atoms with Crippen LogP contribution < -0.4 is 0 Å². The highest BCUT2D eigenvalue weighted by Crippen LogP contribution is 2.25. The number of nitrogens with zero attached hydrogens (tertiary/aromatic N) is 1. The van der Waals surface area contributed by atoms with Crippen LogP contribution in [0.1, 0.15) is 22.8 Å². The van der Waals surface area contributed by atoms with Gasteiger partial charge in [-0.25, -0.2) is 8.42 Å². The summed E-state index contributed by atoms with van der Waals surface area (Å²) in [6.45, 7) is 0.632. The number of aliphatic hydroxyl groups excluding tert-OH is 2. The quantitative estimate of drug-likeness (QED) is 0.242. The fraction of sp³-hybridized carbons (Fsp3) is 0.200. The second-order valence-electron chi connectivity index (χ2n) is 9.17. The molecule has 0 heterocycles. The SMILES string of the molecule is O=S(=O)(c1ccc(O)cc1)c1ccc(CC(CO)N(Cc2ccccc2)CC(O)c2cccc(Cl)c2)cc1. The van der Waals surface area contributed by atoms with Crippen molar-refractivity contribution in [1.29, 1.82) is 0 Å². The Morgan fingerprint density at radius 3 is 2.03 bits per heavy atom. The maximum Gasteiger partial charge on any atom is 0.206 e. The first kappa shape index (κ1) is 27.8. The van der Waals surface area contributed by atoms with Gasteiger partial charge in [-0.2, -0.15) is 0 Å². The van der Waals surface area contributed by atoms with Gasteiger partial charge >= 0.3 is 0 Å². The largest absolute Gasteiger partial charge is 0.508 e. The fourth-order valence-electron chi connectivity index (χ4n) is 4.35. The van der Waals surface area contributed by atoms with Gasteiger partial charge in [-0.15, -0.1) is 0 Å². The number of aromatic hydroxyl groups is 1. The molecule has 198 valence electrons. The summed E-state index contributed by atoms with van der Waals surface area (Å²) in [5, 5.41) is 31.4. The van der Waals surface area contributed by atoms with Crippen LogP contribution in [0.15, 0.2) is 113 Å². The topological polar surface area (TPSA) is 98.1 Å². The summed E-state index contributed by atoms with van der Waals surface area (Å²) in [6.07, 6.45) is -0.366. The summed E-state index contributed by atoms with van der Waals surface area (Å²) < 4.78 is 25.9. The number of aliphatic hydroxyl groups is 2. The summed E-state index contributed by atoms with van der Waals surface area (Å²) >= 11 is 6.12. The highest BCUT2D eigenvalue weighted by Gasteiger charge is 2.23. The minimum atomic E-state index is -3.73. The van der Waals surface area contributed by atoms with Crippen LogP contribution in [0.25, 0.3) is 0 Å². The molecule has 0 saturated heterocycles. The minimum absolute atomic E-state index is 0.00474. The van der Waals surface area contributed by atoms with Crippen molar-refractivity contribution in [3.8, 4) is 5.75 Å². The molecular weight excluding hydrogens is 522 g/mol. The van der Waals surface area contributed by atoms with E-state index in [9.17, 15) is 23.7 Å². The Balaban J connectivity index is 1.54. The molecule has 4 aromatic rings. The van der Waals surface area contributed by atoms with Gasteiger partial charge < -0.3 is 15.3 Å². The number of hydrogen-bond donors (Lipinski definition) is 3. The van der Waals surface area contributed by atoms with Crippen molar-refractivity contribution in [2.24, 2.45) is 0 Å². The normalized spacial score (nSPS) is 13.4. The highest BCUT2D eigenvalue weighted by molar-refractivity contribution is 7.91. The van der Waals surface area contributed by atoms with Crippen LogP contribution in [0.2, 0.25) is 5.02 Å². The molecule has 0 amide bonds. The smallest absolute Gasteiger partial charge is 0.206 e. The van der Waals surface area contributed by atoms with Gasteiger partial charge in [-0.05, 0) is 71.6 Å². The first-order valence-corrected chi connectivity index (χ1v) is 14.1. The van der Waals surface area contributed by atoms with E-state index in [0.29, 0.717) is 23.6 Å². The third-order valence-electron chi connectivity index (χ3n) is 6.45. The lowest BCUT2D eigenvalue weighted by atomic mass is 10.0. The van der Waals surface area contributed by atoms with Crippen molar-refractivity contribution >= 4 is 21.4 Å². The molecule has 0 radical (unpaired) electrons. The molecule has 3 N–H and O–H groups in total. The van der Waals surface area contributed by atoms with E-state index >= 15 is 0 Å². The van der Waals surface area contributed by atoms with Crippen molar-refractivity contribution in [2.45, 2.75) is 34.9 Å². The van der Waals surface area contributed by atoms with Crippen LogP contribution >= 0.6 is 11.6 Å². The van der Waals surface area contributed by atoms with E-state index in [1.807, 2.05) is 41.3 Å². The molecule has 6 nitrogen and oxygen atoms in total. The molecule has 4 rings (SSSR count). The Bertz CT molecular complexity index is 1430. The Kier molecular flexibility index (Phi) is 9.20. The monoisotopic (exact) mass is 551 g/mol. The second kappa shape index (κ2) is 12.6. The number of benzene rings is 4. The lowest BCUT2D eigenvalue weighted by Gasteiger charge is -2.32. The summed E-state index contributed by atoms with van der Waals surface area (Å²) in [4.78, 5) is 2.27. The van der Waals surface area contributed by atoms with Crippen molar-refractivity contribution in [2.75, 3.05) is 13.2 Å². The zero-order chi connectivity index (χ0) is 27.1. The number of rotatable bonds is 11. The third-order valence-corrected chi connectivity index (χ3v) is 8.47. The maximum absolute atomic E-state index is 13.0. The zero-order valence-electron chi connectivity index (χ0n) is 20.7.